The minimum Gasteiger partial charge on any atom is -0.488 e. The second-order valence-electron chi connectivity index (χ2n) is 6.34. The summed E-state index contributed by atoms with van der Waals surface area (Å²) in [6.07, 6.45) is 7.63. The van der Waals surface area contributed by atoms with E-state index in [0.717, 1.165) is 25.9 Å². The Kier molecular flexibility index (Phi) is 6.30. The van der Waals surface area contributed by atoms with E-state index in [0.29, 0.717) is 24.3 Å². The molecule has 0 spiro atoms. The Morgan fingerprint density at radius 3 is 3.00 bits per heavy atom. The Balaban J connectivity index is 1.89. The summed E-state index contributed by atoms with van der Waals surface area (Å²) in [7, 11) is 0. The molecule has 1 aliphatic heterocycles. The van der Waals surface area contributed by atoms with Crippen LogP contribution in [0.2, 0.25) is 0 Å². The first-order chi connectivity index (χ1) is 10.2. The molecule has 1 N–H and O–H groups in total. The normalized spacial score (nSPS) is 18.9. The average Bonchev–Trinajstić information content (AvgIpc) is 2.48. The van der Waals surface area contributed by atoms with Gasteiger partial charge in [-0.2, -0.15) is 0 Å². The molecule has 0 aliphatic carbocycles. The fourth-order valence-corrected chi connectivity index (χ4v) is 2.67. The van der Waals surface area contributed by atoms with Gasteiger partial charge in [-0.15, -0.1) is 0 Å². The van der Waals surface area contributed by atoms with Gasteiger partial charge in [0.05, 0.1) is 6.61 Å². The maximum absolute atomic E-state index is 12.3. The lowest BCUT2D eigenvalue weighted by molar-refractivity contribution is 0.282. The van der Waals surface area contributed by atoms with Gasteiger partial charge in [0.2, 0.25) is 0 Å². The van der Waals surface area contributed by atoms with Gasteiger partial charge in [0, 0.05) is 18.8 Å². The predicted octanol–water partition coefficient (Wildman–Crippen LogP) is 2.81. The van der Waals surface area contributed by atoms with Crippen molar-refractivity contribution >= 4 is 0 Å². The number of nitrogens with one attached hydrogen (secondary N) is 1. The monoisotopic (exact) mass is 292 g/mol. The van der Waals surface area contributed by atoms with Gasteiger partial charge >= 0.3 is 0 Å². The summed E-state index contributed by atoms with van der Waals surface area (Å²) in [6.45, 7) is 6.80. The van der Waals surface area contributed by atoms with Gasteiger partial charge in [-0.05, 0) is 50.3 Å². The van der Waals surface area contributed by atoms with Crippen LogP contribution in [0.15, 0.2) is 23.1 Å². The molecule has 0 amide bonds. The van der Waals surface area contributed by atoms with Gasteiger partial charge in [0.25, 0.3) is 5.56 Å². The number of rotatable bonds is 7. The zero-order valence-corrected chi connectivity index (χ0v) is 13.3. The summed E-state index contributed by atoms with van der Waals surface area (Å²) in [5.74, 6) is 1.07. The number of pyridine rings is 1. The van der Waals surface area contributed by atoms with E-state index in [1.807, 2.05) is 12.3 Å². The van der Waals surface area contributed by atoms with Crippen LogP contribution in [0.4, 0.5) is 0 Å². The Hall–Kier alpha value is -1.29. The summed E-state index contributed by atoms with van der Waals surface area (Å²) in [6, 6.07) is 4.23. The minimum absolute atomic E-state index is 0.00272. The highest BCUT2D eigenvalue weighted by Crippen LogP contribution is 2.11. The summed E-state index contributed by atoms with van der Waals surface area (Å²) in [5, 5.41) is 3.52. The zero-order valence-electron chi connectivity index (χ0n) is 13.3. The van der Waals surface area contributed by atoms with Gasteiger partial charge in [-0.3, -0.25) is 4.79 Å². The molecule has 1 saturated heterocycles. The van der Waals surface area contributed by atoms with E-state index in [4.69, 9.17) is 4.74 Å². The average molecular weight is 292 g/mol. The molecule has 0 aromatic carbocycles. The van der Waals surface area contributed by atoms with E-state index < -0.39 is 0 Å². The number of aromatic nitrogens is 1. The number of nitrogens with zero attached hydrogens (tertiary/aromatic N) is 1. The number of piperidine rings is 1. The molecule has 1 fully saturated rings. The van der Waals surface area contributed by atoms with Gasteiger partial charge < -0.3 is 14.6 Å². The predicted molar refractivity (Wildman–Crippen MR) is 85.9 cm³/mol. The minimum atomic E-state index is -0.00272. The maximum Gasteiger partial charge on any atom is 0.292 e. The second kappa shape index (κ2) is 8.23. The Bertz CT molecular complexity index is 476. The standard InChI is InChI=1S/C17H28N2O2/c1-14(2)9-13-21-16-7-5-11-19(17(16)20)12-8-15-6-3-4-10-18-15/h5,7,11,14-15,18H,3-4,6,8-10,12-13H2,1-2H3. The largest absolute Gasteiger partial charge is 0.488 e. The molecule has 4 nitrogen and oxygen atoms in total. The quantitative estimate of drug-likeness (QED) is 0.840. The van der Waals surface area contributed by atoms with Crippen LogP contribution in [0.5, 0.6) is 5.75 Å². The highest BCUT2D eigenvalue weighted by molar-refractivity contribution is 5.17. The highest BCUT2D eigenvalue weighted by atomic mass is 16.5. The maximum atomic E-state index is 12.3. The van der Waals surface area contributed by atoms with E-state index in [2.05, 4.69) is 19.2 Å². The SMILES string of the molecule is CC(C)CCOc1cccn(CCC2CCCCN2)c1=O. The van der Waals surface area contributed by atoms with Gasteiger partial charge in [0.1, 0.15) is 0 Å². The van der Waals surface area contributed by atoms with Crippen molar-refractivity contribution < 1.29 is 4.74 Å². The summed E-state index contributed by atoms with van der Waals surface area (Å²) >= 11 is 0. The van der Waals surface area contributed by atoms with Crippen molar-refractivity contribution in [1.29, 1.82) is 0 Å². The Morgan fingerprint density at radius 2 is 2.29 bits per heavy atom. The molecule has 0 radical (unpaired) electrons. The third-order valence-corrected chi connectivity index (χ3v) is 4.07. The summed E-state index contributed by atoms with van der Waals surface area (Å²) in [4.78, 5) is 12.3. The van der Waals surface area contributed by atoms with Crippen LogP contribution >= 0.6 is 0 Å². The van der Waals surface area contributed by atoms with Crippen LogP contribution in [-0.2, 0) is 6.54 Å². The van der Waals surface area contributed by atoms with Gasteiger partial charge in [0.15, 0.2) is 5.75 Å². The van der Waals surface area contributed by atoms with Crippen LogP contribution < -0.4 is 15.6 Å². The van der Waals surface area contributed by atoms with Gasteiger partial charge in [-0.25, -0.2) is 0 Å². The Morgan fingerprint density at radius 1 is 1.43 bits per heavy atom. The van der Waals surface area contributed by atoms with Crippen molar-refractivity contribution in [2.75, 3.05) is 13.2 Å². The fraction of sp³-hybridized carbons (Fsp3) is 0.706. The third-order valence-electron chi connectivity index (χ3n) is 4.07. The van der Waals surface area contributed by atoms with E-state index >= 15 is 0 Å². The molecule has 21 heavy (non-hydrogen) atoms. The number of aryl methyl sites for hydroxylation is 1. The molecular weight excluding hydrogens is 264 g/mol. The molecule has 1 atom stereocenters. The molecule has 1 unspecified atom stereocenters. The van der Waals surface area contributed by atoms with Crippen LogP contribution in [0.25, 0.3) is 0 Å². The smallest absolute Gasteiger partial charge is 0.292 e. The lowest BCUT2D eigenvalue weighted by Gasteiger charge is -2.23. The molecule has 4 heteroatoms. The third kappa shape index (κ3) is 5.20. The zero-order chi connectivity index (χ0) is 15.1. The number of ether oxygens (including phenoxy) is 1. The second-order valence-corrected chi connectivity index (χ2v) is 6.34. The summed E-state index contributed by atoms with van der Waals surface area (Å²) < 4.78 is 7.41. The lowest BCUT2D eigenvalue weighted by Crippen LogP contribution is -2.35. The number of hydrogen-bond acceptors (Lipinski definition) is 3. The van der Waals surface area contributed by atoms with Crippen molar-refractivity contribution in [3.8, 4) is 5.75 Å². The molecule has 2 heterocycles. The number of hydrogen-bond donors (Lipinski definition) is 1. The van der Waals surface area contributed by atoms with Crippen LogP contribution in [-0.4, -0.2) is 23.8 Å². The van der Waals surface area contributed by atoms with E-state index in [9.17, 15) is 4.79 Å². The van der Waals surface area contributed by atoms with E-state index in [1.54, 1.807) is 10.6 Å². The summed E-state index contributed by atoms with van der Waals surface area (Å²) in [5.41, 5.74) is -0.00272. The van der Waals surface area contributed by atoms with Crippen LogP contribution in [0, 0.1) is 5.92 Å². The van der Waals surface area contributed by atoms with Crippen LogP contribution in [0.3, 0.4) is 0 Å². The molecule has 1 aromatic heterocycles. The molecular formula is C17H28N2O2. The first-order valence-corrected chi connectivity index (χ1v) is 8.22. The molecule has 118 valence electrons. The topological polar surface area (TPSA) is 43.3 Å². The highest BCUT2D eigenvalue weighted by Gasteiger charge is 2.13. The Labute approximate surface area is 127 Å². The first-order valence-electron chi connectivity index (χ1n) is 8.22. The molecule has 0 saturated carbocycles. The lowest BCUT2D eigenvalue weighted by atomic mass is 10.0. The van der Waals surface area contributed by atoms with Crippen molar-refractivity contribution in [2.45, 2.75) is 58.5 Å². The molecule has 1 aromatic rings. The molecule has 0 bridgehead atoms. The van der Waals surface area contributed by atoms with E-state index in [1.165, 1.54) is 19.3 Å². The van der Waals surface area contributed by atoms with Gasteiger partial charge in [-0.1, -0.05) is 20.3 Å². The van der Waals surface area contributed by atoms with E-state index in [-0.39, 0.29) is 5.56 Å². The van der Waals surface area contributed by atoms with Crippen molar-refractivity contribution in [1.82, 2.24) is 9.88 Å². The molecule has 2 rings (SSSR count). The van der Waals surface area contributed by atoms with Crippen molar-refractivity contribution in [3.63, 3.8) is 0 Å². The van der Waals surface area contributed by atoms with Crippen molar-refractivity contribution in [2.24, 2.45) is 5.92 Å². The van der Waals surface area contributed by atoms with Crippen LogP contribution in [0.1, 0.15) is 46.0 Å². The molecule has 1 aliphatic rings. The van der Waals surface area contributed by atoms with Crippen molar-refractivity contribution in [3.05, 3.63) is 28.7 Å². The fourth-order valence-electron chi connectivity index (χ4n) is 2.67. The first kappa shape index (κ1) is 16.1.